The predicted octanol–water partition coefficient (Wildman–Crippen LogP) is 3.53. The number of hydrogen-bond acceptors (Lipinski definition) is 4. The lowest BCUT2D eigenvalue weighted by molar-refractivity contribution is 0.336. The second-order valence-corrected chi connectivity index (χ2v) is 9.90. The highest BCUT2D eigenvalue weighted by molar-refractivity contribution is 14.0. The van der Waals surface area contributed by atoms with Gasteiger partial charge in [0.2, 0.25) is 0 Å². The van der Waals surface area contributed by atoms with E-state index < -0.39 is 9.84 Å². The van der Waals surface area contributed by atoms with Crippen LogP contribution in [0.2, 0.25) is 0 Å². The first kappa shape index (κ1) is 27.0. The zero-order valence-electron chi connectivity index (χ0n) is 18.0. The van der Waals surface area contributed by atoms with Crippen molar-refractivity contribution in [3.63, 3.8) is 0 Å². The third kappa shape index (κ3) is 11.1. The van der Waals surface area contributed by atoms with Gasteiger partial charge in [0.1, 0.15) is 15.6 Å². The highest BCUT2D eigenvalue weighted by Crippen LogP contribution is 2.22. The van der Waals surface area contributed by atoms with Crippen LogP contribution in [0.3, 0.4) is 0 Å². The summed E-state index contributed by atoms with van der Waals surface area (Å²) in [4.78, 5) is 4.66. The van der Waals surface area contributed by atoms with E-state index in [4.69, 9.17) is 4.74 Å². The maximum atomic E-state index is 11.4. The van der Waals surface area contributed by atoms with Crippen LogP contribution >= 0.6 is 24.0 Å². The molecule has 0 saturated carbocycles. The van der Waals surface area contributed by atoms with Crippen molar-refractivity contribution < 1.29 is 13.2 Å². The Morgan fingerprint density at radius 1 is 1.21 bits per heavy atom. The molecular formula is C20H36IN3O3S. The summed E-state index contributed by atoms with van der Waals surface area (Å²) in [7, 11) is -2.95. The molecule has 28 heavy (non-hydrogen) atoms. The minimum Gasteiger partial charge on any atom is -0.494 e. The number of aryl methyl sites for hydroxylation is 1. The summed E-state index contributed by atoms with van der Waals surface area (Å²) in [5.74, 6) is 1.77. The Labute approximate surface area is 187 Å². The fourth-order valence-electron chi connectivity index (χ4n) is 2.46. The maximum Gasteiger partial charge on any atom is 0.191 e. The van der Waals surface area contributed by atoms with E-state index >= 15 is 0 Å². The molecule has 2 N–H and O–H groups in total. The number of halogens is 1. The van der Waals surface area contributed by atoms with Crippen molar-refractivity contribution in [1.82, 2.24) is 10.6 Å². The van der Waals surface area contributed by atoms with E-state index in [1.54, 1.807) is 0 Å². The Bertz CT molecular complexity index is 734. The first-order valence-electron chi connectivity index (χ1n) is 9.48. The van der Waals surface area contributed by atoms with Crippen LogP contribution in [0.1, 0.15) is 45.2 Å². The van der Waals surface area contributed by atoms with Crippen molar-refractivity contribution in [3.8, 4) is 5.75 Å². The molecule has 162 valence electrons. The zero-order valence-corrected chi connectivity index (χ0v) is 21.1. The first-order valence-corrected chi connectivity index (χ1v) is 11.5. The maximum absolute atomic E-state index is 11.4. The van der Waals surface area contributed by atoms with Gasteiger partial charge in [0.15, 0.2) is 5.96 Å². The average Bonchev–Trinajstić information content (AvgIpc) is 2.57. The number of hydrogen-bond donors (Lipinski definition) is 2. The Kier molecular flexibility index (Phi) is 12.1. The van der Waals surface area contributed by atoms with Crippen molar-refractivity contribution in [3.05, 3.63) is 29.3 Å². The van der Waals surface area contributed by atoms with E-state index in [9.17, 15) is 8.42 Å². The van der Waals surface area contributed by atoms with E-state index in [0.29, 0.717) is 32.1 Å². The second-order valence-electron chi connectivity index (χ2n) is 7.64. The molecule has 0 aliphatic heterocycles. The molecule has 0 aliphatic carbocycles. The molecule has 1 aromatic rings. The molecule has 1 rings (SSSR count). The van der Waals surface area contributed by atoms with Gasteiger partial charge in [-0.3, -0.25) is 0 Å². The summed E-state index contributed by atoms with van der Waals surface area (Å²) in [6, 6.07) is 6.13. The molecule has 0 bridgehead atoms. The molecule has 0 aromatic heterocycles. The number of nitrogens with one attached hydrogen (secondary N) is 2. The zero-order chi connectivity index (χ0) is 20.5. The number of nitrogens with zero attached hydrogens (tertiary/aromatic N) is 1. The topological polar surface area (TPSA) is 79.8 Å². The monoisotopic (exact) mass is 525 g/mol. The number of guanidine groups is 1. The predicted molar refractivity (Wildman–Crippen MR) is 129 cm³/mol. The molecule has 1 aromatic carbocycles. The Balaban J connectivity index is 0.00000729. The van der Waals surface area contributed by atoms with Gasteiger partial charge >= 0.3 is 0 Å². The molecule has 0 atom stereocenters. The van der Waals surface area contributed by atoms with Gasteiger partial charge in [-0.1, -0.05) is 26.0 Å². The molecule has 0 spiro atoms. The average molecular weight is 525 g/mol. The van der Waals surface area contributed by atoms with Crippen LogP contribution in [0.4, 0.5) is 0 Å². The van der Waals surface area contributed by atoms with Crippen LogP contribution in [-0.4, -0.2) is 46.1 Å². The Hall–Kier alpha value is -1.03. The van der Waals surface area contributed by atoms with Crippen LogP contribution in [0.5, 0.6) is 5.75 Å². The highest BCUT2D eigenvalue weighted by atomic mass is 127. The second kappa shape index (κ2) is 12.5. The van der Waals surface area contributed by atoms with Gasteiger partial charge in [-0.15, -0.1) is 24.0 Å². The molecule has 0 aliphatic rings. The van der Waals surface area contributed by atoms with Crippen molar-refractivity contribution in [2.24, 2.45) is 10.4 Å². The molecule has 6 nitrogen and oxygen atoms in total. The summed E-state index contributed by atoms with van der Waals surface area (Å²) in [6.45, 7) is 12.7. The minimum atomic E-state index is -2.95. The Morgan fingerprint density at radius 3 is 2.46 bits per heavy atom. The molecule has 0 radical (unpaired) electrons. The number of benzene rings is 1. The summed E-state index contributed by atoms with van der Waals surface area (Å²) < 4.78 is 28.6. The van der Waals surface area contributed by atoms with E-state index in [2.05, 4.69) is 35.5 Å². The standard InChI is InChI=1S/C20H35N3O3S.HI/c1-7-21-19(23-15-20(4,5)11-12-27(6,24)25)22-14-17-10-9-16(3)13-18(17)26-8-2;/h9-10,13H,7-8,11-12,14-15H2,1-6H3,(H2,21,22,23);1H. The smallest absolute Gasteiger partial charge is 0.191 e. The molecule has 8 heteroatoms. The lowest BCUT2D eigenvalue weighted by Crippen LogP contribution is -2.42. The number of rotatable bonds is 10. The summed E-state index contributed by atoms with van der Waals surface area (Å²) in [5, 5.41) is 6.57. The minimum absolute atomic E-state index is 0. The van der Waals surface area contributed by atoms with Gasteiger partial charge in [-0.05, 0) is 44.2 Å². The highest BCUT2D eigenvalue weighted by Gasteiger charge is 2.20. The normalized spacial score (nSPS) is 12.3. The van der Waals surface area contributed by atoms with Gasteiger partial charge in [0, 0.05) is 24.9 Å². The van der Waals surface area contributed by atoms with Crippen LogP contribution in [0.15, 0.2) is 23.2 Å². The summed E-state index contributed by atoms with van der Waals surface area (Å²) >= 11 is 0. The van der Waals surface area contributed by atoms with E-state index in [0.717, 1.165) is 23.4 Å². The third-order valence-electron chi connectivity index (χ3n) is 4.16. The molecule has 0 unspecified atom stereocenters. The molecule has 0 amide bonds. The van der Waals surface area contributed by atoms with Crippen LogP contribution < -0.4 is 15.4 Å². The lowest BCUT2D eigenvalue weighted by atomic mass is 9.90. The molecular weight excluding hydrogens is 489 g/mol. The molecule has 0 heterocycles. The van der Waals surface area contributed by atoms with Gasteiger partial charge < -0.3 is 15.4 Å². The first-order chi connectivity index (χ1) is 12.6. The quantitative estimate of drug-likeness (QED) is 0.278. The SMILES string of the molecule is CCNC(=NCc1ccc(C)cc1OCC)NCC(C)(C)CCS(C)(=O)=O.I. The number of sulfone groups is 1. The van der Waals surface area contributed by atoms with Gasteiger partial charge in [0.05, 0.1) is 18.9 Å². The lowest BCUT2D eigenvalue weighted by Gasteiger charge is -2.25. The largest absolute Gasteiger partial charge is 0.494 e. The third-order valence-corrected chi connectivity index (χ3v) is 5.10. The van der Waals surface area contributed by atoms with Crippen molar-refractivity contribution in [2.75, 3.05) is 31.7 Å². The van der Waals surface area contributed by atoms with Crippen LogP contribution in [0.25, 0.3) is 0 Å². The van der Waals surface area contributed by atoms with Crippen molar-refractivity contribution in [2.45, 2.75) is 47.6 Å². The fourth-order valence-corrected chi connectivity index (χ4v) is 3.38. The van der Waals surface area contributed by atoms with E-state index in [1.807, 2.05) is 32.9 Å². The number of aliphatic imine (C=N–C) groups is 1. The van der Waals surface area contributed by atoms with Crippen LogP contribution in [0, 0.1) is 12.3 Å². The Morgan fingerprint density at radius 2 is 1.89 bits per heavy atom. The number of ether oxygens (including phenoxy) is 1. The summed E-state index contributed by atoms with van der Waals surface area (Å²) in [6.07, 6.45) is 1.88. The fraction of sp³-hybridized carbons (Fsp3) is 0.650. The van der Waals surface area contributed by atoms with Crippen LogP contribution in [-0.2, 0) is 16.4 Å². The van der Waals surface area contributed by atoms with E-state index in [1.165, 1.54) is 6.26 Å². The molecule has 0 saturated heterocycles. The summed E-state index contributed by atoms with van der Waals surface area (Å²) in [5.41, 5.74) is 2.04. The van der Waals surface area contributed by atoms with Gasteiger partial charge in [0.25, 0.3) is 0 Å². The van der Waals surface area contributed by atoms with Crippen molar-refractivity contribution >= 4 is 39.8 Å². The van der Waals surface area contributed by atoms with Gasteiger partial charge in [-0.25, -0.2) is 13.4 Å². The van der Waals surface area contributed by atoms with E-state index in [-0.39, 0.29) is 35.1 Å². The van der Waals surface area contributed by atoms with Crippen molar-refractivity contribution in [1.29, 1.82) is 0 Å². The molecule has 0 fully saturated rings. The van der Waals surface area contributed by atoms with Gasteiger partial charge in [-0.2, -0.15) is 0 Å².